The minimum Gasteiger partial charge on any atom is -0.480 e. The summed E-state index contributed by atoms with van der Waals surface area (Å²) in [5.74, 6) is -0.260. The van der Waals surface area contributed by atoms with Gasteiger partial charge in [0.15, 0.2) is 0 Å². The van der Waals surface area contributed by atoms with Crippen molar-refractivity contribution in [3.05, 3.63) is 0 Å². The van der Waals surface area contributed by atoms with E-state index in [9.17, 15) is 14.4 Å². The standard InChI is InChI=1S/C10H17N3O4S/c1-7-6-18-3-2-13(7)10(17)12(4-8(11)14)5-9(15)16/h7H,2-6H2,1H3,(H2,11,14)(H,15,16). The Morgan fingerprint density at radius 1 is 1.44 bits per heavy atom. The molecular weight excluding hydrogens is 258 g/mol. The van der Waals surface area contributed by atoms with Gasteiger partial charge in [-0.2, -0.15) is 11.8 Å². The van der Waals surface area contributed by atoms with Gasteiger partial charge in [0.25, 0.3) is 0 Å². The first-order chi connectivity index (χ1) is 8.41. The van der Waals surface area contributed by atoms with Crippen LogP contribution in [0, 0.1) is 0 Å². The molecule has 0 saturated carbocycles. The van der Waals surface area contributed by atoms with Crippen LogP contribution in [-0.4, -0.2) is 70.0 Å². The number of hydrogen-bond donors (Lipinski definition) is 2. The van der Waals surface area contributed by atoms with Gasteiger partial charge >= 0.3 is 12.0 Å². The molecule has 1 unspecified atom stereocenters. The second kappa shape index (κ2) is 6.48. The quantitative estimate of drug-likeness (QED) is 0.714. The number of rotatable bonds is 4. The Morgan fingerprint density at radius 2 is 2.11 bits per heavy atom. The predicted molar refractivity (Wildman–Crippen MR) is 67.3 cm³/mol. The maximum absolute atomic E-state index is 12.2. The number of urea groups is 1. The van der Waals surface area contributed by atoms with Gasteiger partial charge in [-0.15, -0.1) is 0 Å². The summed E-state index contributed by atoms with van der Waals surface area (Å²) in [6, 6.07) is -0.413. The van der Waals surface area contributed by atoms with Crippen molar-refractivity contribution in [2.75, 3.05) is 31.1 Å². The van der Waals surface area contributed by atoms with Crippen LogP contribution in [0.2, 0.25) is 0 Å². The molecule has 0 bridgehead atoms. The van der Waals surface area contributed by atoms with Gasteiger partial charge in [0.05, 0.1) is 0 Å². The van der Waals surface area contributed by atoms with Gasteiger partial charge in [-0.25, -0.2) is 4.79 Å². The summed E-state index contributed by atoms with van der Waals surface area (Å²) in [4.78, 5) is 36.3. The first-order valence-corrected chi connectivity index (χ1v) is 6.70. The summed E-state index contributed by atoms with van der Waals surface area (Å²) in [6.07, 6.45) is 0. The molecule has 3 amide bonds. The normalized spacial score (nSPS) is 19.4. The number of aliphatic carboxylic acids is 1. The van der Waals surface area contributed by atoms with Crippen molar-refractivity contribution in [3.63, 3.8) is 0 Å². The van der Waals surface area contributed by atoms with Crippen LogP contribution in [0.1, 0.15) is 6.92 Å². The van der Waals surface area contributed by atoms with Crippen LogP contribution in [0.15, 0.2) is 0 Å². The fraction of sp³-hybridized carbons (Fsp3) is 0.700. The van der Waals surface area contributed by atoms with Crippen molar-refractivity contribution in [2.45, 2.75) is 13.0 Å². The van der Waals surface area contributed by atoms with Crippen LogP contribution in [-0.2, 0) is 9.59 Å². The Balaban J connectivity index is 2.73. The summed E-state index contributed by atoms with van der Waals surface area (Å²) < 4.78 is 0. The molecule has 7 nitrogen and oxygen atoms in total. The van der Waals surface area contributed by atoms with Gasteiger partial charge in [-0.05, 0) is 6.92 Å². The van der Waals surface area contributed by atoms with E-state index in [-0.39, 0.29) is 12.6 Å². The molecule has 1 aliphatic rings. The Kier molecular flexibility index (Phi) is 5.26. The number of carboxylic acids is 1. The zero-order valence-corrected chi connectivity index (χ0v) is 11.0. The number of carbonyl (C=O) groups is 3. The molecule has 0 aliphatic carbocycles. The van der Waals surface area contributed by atoms with E-state index in [2.05, 4.69) is 0 Å². The van der Waals surface area contributed by atoms with E-state index >= 15 is 0 Å². The molecule has 1 aliphatic heterocycles. The molecule has 102 valence electrons. The van der Waals surface area contributed by atoms with Gasteiger partial charge in [0, 0.05) is 24.1 Å². The minimum atomic E-state index is -1.16. The molecule has 1 heterocycles. The third kappa shape index (κ3) is 4.10. The average molecular weight is 275 g/mol. The molecule has 1 fully saturated rings. The van der Waals surface area contributed by atoms with Crippen molar-refractivity contribution >= 4 is 29.7 Å². The first-order valence-electron chi connectivity index (χ1n) is 5.55. The predicted octanol–water partition coefficient (Wildman–Crippen LogP) is -0.584. The summed E-state index contributed by atoms with van der Waals surface area (Å²) in [7, 11) is 0. The van der Waals surface area contributed by atoms with E-state index in [1.807, 2.05) is 6.92 Å². The maximum atomic E-state index is 12.2. The summed E-state index contributed by atoms with van der Waals surface area (Å²) >= 11 is 1.74. The number of amides is 3. The molecule has 3 N–H and O–H groups in total. The zero-order chi connectivity index (χ0) is 13.7. The van der Waals surface area contributed by atoms with Crippen molar-refractivity contribution in [2.24, 2.45) is 5.73 Å². The van der Waals surface area contributed by atoms with Gasteiger partial charge in [-0.3, -0.25) is 9.59 Å². The van der Waals surface area contributed by atoms with Gasteiger partial charge in [-0.1, -0.05) is 0 Å². The van der Waals surface area contributed by atoms with E-state index < -0.39 is 24.5 Å². The fourth-order valence-electron chi connectivity index (χ4n) is 1.74. The Hall–Kier alpha value is -1.44. The van der Waals surface area contributed by atoms with Crippen LogP contribution in [0.5, 0.6) is 0 Å². The maximum Gasteiger partial charge on any atom is 0.323 e. The van der Waals surface area contributed by atoms with Crippen LogP contribution in [0.3, 0.4) is 0 Å². The lowest BCUT2D eigenvalue weighted by atomic mass is 10.3. The van der Waals surface area contributed by atoms with Gasteiger partial charge in [0.1, 0.15) is 13.1 Å². The lowest BCUT2D eigenvalue weighted by Crippen LogP contribution is -2.53. The lowest BCUT2D eigenvalue weighted by molar-refractivity contribution is -0.138. The van der Waals surface area contributed by atoms with Crippen molar-refractivity contribution < 1.29 is 19.5 Å². The first kappa shape index (κ1) is 14.6. The van der Waals surface area contributed by atoms with Crippen LogP contribution in [0.25, 0.3) is 0 Å². The van der Waals surface area contributed by atoms with E-state index in [1.54, 1.807) is 16.7 Å². The smallest absolute Gasteiger partial charge is 0.323 e. The summed E-state index contributed by atoms with van der Waals surface area (Å²) in [5, 5.41) is 8.74. The SMILES string of the molecule is CC1CSCCN1C(=O)N(CC(N)=O)CC(=O)O. The Labute approximate surface area is 109 Å². The highest BCUT2D eigenvalue weighted by Gasteiger charge is 2.29. The molecule has 0 aromatic carbocycles. The lowest BCUT2D eigenvalue weighted by Gasteiger charge is -2.36. The van der Waals surface area contributed by atoms with E-state index in [0.717, 1.165) is 16.4 Å². The second-order valence-corrected chi connectivity index (χ2v) is 5.27. The Bertz CT molecular complexity index is 334. The third-order valence-electron chi connectivity index (χ3n) is 2.56. The molecule has 0 radical (unpaired) electrons. The van der Waals surface area contributed by atoms with Gasteiger partial charge < -0.3 is 20.6 Å². The number of nitrogens with zero attached hydrogens (tertiary/aromatic N) is 2. The topological polar surface area (TPSA) is 104 Å². The molecule has 18 heavy (non-hydrogen) atoms. The van der Waals surface area contributed by atoms with Gasteiger partial charge in [0.2, 0.25) is 5.91 Å². The van der Waals surface area contributed by atoms with Crippen molar-refractivity contribution in [1.29, 1.82) is 0 Å². The number of nitrogens with two attached hydrogens (primary N) is 1. The second-order valence-electron chi connectivity index (χ2n) is 4.12. The molecule has 1 rings (SSSR count). The molecule has 1 atom stereocenters. The minimum absolute atomic E-state index is 0.0282. The van der Waals surface area contributed by atoms with E-state index in [0.29, 0.717) is 6.54 Å². The third-order valence-corrected chi connectivity index (χ3v) is 3.75. The summed E-state index contributed by atoms with van der Waals surface area (Å²) in [6.45, 7) is 1.56. The number of carbonyl (C=O) groups excluding carboxylic acids is 2. The van der Waals surface area contributed by atoms with E-state index in [4.69, 9.17) is 10.8 Å². The highest BCUT2D eigenvalue weighted by molar-refractivity contribution is 7.99. The van der Waals surface area contributed by atoms with Crippen molar-refractivity contribution in [3.8, 4) is 0 Å². The zero-order valence-electron chi connectivity index (χ0n) is 10.2. The molecular formula is C10H17N3O4S. The number of primary amides is 1. The Morgan fingerprint density at radius 3 is 2.61 bits per heavy atom. The number of carboxylic acid groups (broad SMARTS) is 1. The van der Waals surface area contributed by atoms with Crippen molar-refractivity contribution in [1.82, 2.24) is 9.80 Å². The largest absolute Gasteiger partial charge is 0.480 e. The molecule has 0 spiro atoms. The molecule has 0 aromatic heterocycles. The van der Waals surface area contributed by atoms with Crippen LogP contribution in [0.4, 0.5) is 4.79 Å². The average Bonchev–Trinajstić information content (AvgIpc) is 2.26. The van der Waals surface area contributed by atoms with Crippen LogP contribution >= 0.6 is 11.8 Å². The number of hydrogen-bond acceptors (Lipinski definition) is 4. The fourth-order valence-corrected chi connectivity index (χ4v) is 2.75. The molecule has 1 saturated heterocycles. The molecule has 8 heteroatoms. The molecule has 0 aromatic rings. The van der Waals surface area contributed by atoms with Crippen LogP contribution < -0.4 is 5.73 Å². The highest BCUT2D eigenvalue weighted by atomic mass is 32.2. The number of thioether (sulfide) groups is 1. The highest BCUT2D eigenvalue weighted by Crippen LogP contribution is 2.17. The summed E-state index contributed by atoms with van der Waals surface area (Å²) in [5.41, 5.74) is 5.02. The van der Waals surface area contributed by atoms with E-state index in [1.165, 1.54) is 0 Å². The monoisotopic (exact) mass is 275 g/mol.